The van der Waals surface area contributed by atoms with Gasteiger partial charge in [-0.05, 0) is 19.9 Å². The van der Waals surface area contributed by atoms with Gasteiger partial charge in [0.05, 0.1) is 6.42 Å². The van der Waals surface area contributed by atoms with E-state index in [1.165, 1.54) is 6.07 Å². The van der Waals surface area contributed by atoms with Crippen molar-refractivity contribution < 1.29 is 9.18 Å². The van der Waals surface area contributed by atoms with Gasteiger partial charge in [-0.3, -0.25) is 4.79 Å². The van der Waals surface area contributed by atoms with E-state index in [0.717, 1.165) is 0 Å². The molecule has 1 aromatic heterocycles. The average Bonchev–Trinajstić information content (AvgIpc) is 2.42. The number of carbonyl (C=O) groups is 1. The lowest BCUT2D eigenvalue weighted by atomic mass is 10.1. The minimum atomic E-state index is -0.430. The number of aromatic nitrogens is 2. The molecule has 5 nitrogen and oxygen atoms in total. The largest absolute Gasteiger partial charge is 0.352 e. The lowest BCUT2D eigenvalue weighted by molar-refractivity contribution is -0.120. The third-order valence-corrected chi connectivity index (χ3v) is 3.22. The molecular weight excluding hydrogens is 273 g/mol. The van der Waals surface area contributed by atoms with Crippen LogP contribution in [-0.4, -0.2) is 15.9 Å². The molecule has 0 saturated carbocycles. The molecular formula is C15H16FN3O2. The fourth-order valence-electron chi connectivity index (χ4n) is 2.07. The number of halogens is 1. The maximum absolute atomic E-state index is 13.4. The van der Waals surface area contributed by atoms with Gasteiger partial charge < -0.3 is 10.3 Å². The van der Waals surface area contributed by atoms with Crippen LogP contribution in [0.5, 0.6) is 0 Å². The number of nitrogens with zero attached hydrogens (tertiary/aromatic N) is 1. The number of hydrogen-bond donors (Lipinski definition) is 2. The predicted molar refractivity (Wildman–Crippen MR) is 76.3 cm³/mol. The van der Waals surface area contributed by atoms with E-state index >= 15 is 0 Å². The molecule has 1 amide bonds. The summed E-state index contributed by atoms with van der Waals surface area (Å²) in [5, 5.41) is 2.66. The van der Waals surface area contributed by atoms with Crippen molar-refractivity contribution in [1.82, 2.24) is 15.3 Å². The summed E-state index contributed by atoms with van der Waals surface area (Å²) < 4.78 is 13.4. The summed E-state index contributed by atoms with van der Waals surface area (Å²) in [6.07, 6.45) is 0.0932. The van der Waals surface area contributed by atoms with Crippen LogP contribution in [-0.2, 0) is 17.8 Å². The van der Waals surface area contributed by atoms with E-state index in [0.29, 0.717) is 22.5 Å². The average molecular weight is 289 g/mol. The van der Waals surface area contributed by atoms with Gasteiger partial charge in [-0.15, -0.1) is 0 Å². The van der Waals surface area contributed by atoms with Crippen LogP contribution in [0.1, 0.15) is 22.5 Å². The van der Waals surface area contributed by atoms with Gasteiger partial charge in [-0.1, -0.05) is 18.2 Å². The molecule has 0 atom stereocenters. The predicted octanol–water partition coefficient (Wildman–Crippen LogP) is 1.38. The first-order valence-electron chi connectivity index (χ1n) is 6.54. The highest BCUT2D eigenvalue weighted by Crippen LogP contribution is 2.09. The van der Waals surface area contributed by atoms with Gasteiger partial charge in [0.1, 0.15) is 5.82 Å². The number of rotatable bonds is 4. The van der Waals surface area contributed by atoms with Gasteiger partial charge >= 0.3 is 5.69 Å². The Bertz CT molecular complexity index is 699. The van der Waals surface area contributed by atoms with E-state index in [9.17, 15) is 14.0 Å². The van der Waals surface area contributed by atoms with Crippen molar-refractivity contribution in [1.29, 1.82) is 0 Å². The molecule has 0 unspecified atom stereocenters. The Morgan fingerprint density at radius 1 is 1.33 bits per heavy atom. The Morgan fingerprint density at radius 2 is 2.05 bits per heavy atom. The molecule has 6 heteroatoms. The van der Waals surface area contributed by atoms with Crippen LogP contribution in [0.25, 0.3) is 0 Å². The molecule has 2 rings (SSSR count). The zero-order valence-corrected chi connectivity index (χ0v) is 11.9. The van der Waals surface area contributed by atoms with Crippen LogP contribution < -0.4 is 11.0 Å². The van der Waals surface area contributed by atoms with E-state index in [-0.39, 0.29) is 24.7 Å². The van der Waals surface area contributed by atoms with Gasteiger partial charge in [0, 0.05) is 29.1 Å². The highest BCUT2D eigenvalue weighted by Gasteiger charge is 2.11. The first-order valence-corrected chi connectivity index (χ1v) is 6.54. The summed E-state index contributed by atoms with van der Waals surface area (Å²) >= 11 is 0. The molecule has 21 heavy (non-hydrogen) atoms. The molecule has 110 valence electrons. The normalized spacial score (nSPS) is 10.4. The second kappa shape index (κ2) is 6.30. The fourth-order valence-corrected chi connectivity index (χ4v) is 2.07. The molecule has 1 aromatic carbocycles. The highest BCUT2D eigenvalue weighted by molar-refractivity contribution is 5.79. The first kappa shape index (κ1) is 14.9. The van der Waals surface area contributed by atoms with Crippen molar-refractivity contribution in [3.05, 3.63) is 63.1 Å². The van der Waals surface area contributed by atoms with E-state index in [4.69, 9.17) is 0 Å². The Labute approximate surface area is 121 Å². The summed E-state index contributed by atoms with van der Waals surface area (Å²) in [7, 11) is 0. The zero-order valence-electron chi connectivity index (χ0n) is 11.9. The molecule has 0 fully saturated rings. The number of H-pyrrole nitrogens is 1. The molecule has 0 aliphatic heterocycles. The van der Waals surface area contributed by atoms with Crippen LogP contribution in [0.2, 0.25) is 0 Å². The maximum atomic E-state index is 13.4. The zero-order chi connectivity index (χ0) is 15.4. The molecule has 0 aliphatic rings. The van der Waals surface area contributed by atoms with E-state index in [1.807, 2.05) is 0 Å². The van der Waals surface area contributed by atoms with Gasteiger partial charge in [-0.2, -0.15) is 4.98 Å². The minimum absolute atomic E-state index is 0.0932. The van der Waals surface area contributed by atoms with Crippen molar-refractivity contribution in [3.8, 4) is 0 Å². The van der Waals surface area contributed by atoms with Crippen molar-refractivity contribution in [2.24, 2.45) is 0 Å². The van der Waals surface area contributed by atoms with E-state index in [1.54, 1.807) is 32.0 Å². The van der Waals surface area contributed by atoms with Gasteiger partial charge in [0.2, 0.25) is 5.91 Å². The second-order valence-corrected chi connectivity index (χ2v) is 4.78. The standard InChI is InChI=1S/C15H16FN3O2/c1-9-12(10(2)19-15(21)18-9)7-14(20)17-8-11-5-3-4-6-13(11)16/h3-6H,7-8H2,1-2H3,(H,17,20)(H,18,19,21). The van der Waals surface area contributed by atoms with Crippen LogP contribution in [0.3, 0.4) is 0 Å². The minimum Gasteiger partial charge on any atom is -0.352 e. The SMILES string of the molecule is Cc1nc(=O)[nH]c(C)c1CC(=O)NCc1ccccc1F. The third-order valence-electron chi connectivity index (χ3n) is 3.22. The van der Waals surface area contributed by atoms with E-state index in [2.05, 4.69) is 15.3 Å². The molecule has 2 N–H and O–H groups in total. The second-order valence-electron chi connectivity index (χ2n) is 4.78. The lowest BCUT2D eigenvalue weighted by Gasteiger charge is -2.09. The maximum Gasteiger partial charge on any atom is 0.345 e. The number of benzene rings is 1. The Balaban J connectivity index is 2.03. The summed E-state index contributed by atoms with van der Waals surface area (Å²) in [5.74, 6) is -0.603. The van der Waals surface area contributed by atoms with Crippen LogP contribution in [0.15, 0.2) is 29.1 Å². The molecule has 2 aromatic rings. The number of aryl methyl sites for hydroxylation is 2. The van der Waals surface area contributed by atoms with Gasteiger partial charge in [0.15, 0.2) is 0 Å². The van der Waals surface area contributed by atoms with Crippen LogP contribution >= 0.6 is 0 Å². The number of hydrogen-bond acceptors (Lipinski definition) is 3. The number of carbonyl (C=O) groups excluding carboxylic acids is 1. The van der Waals surface area contributed by atoms with Crippen LogP contribution in [0, 0.1) is 19.7 Å². The fraction of sp³-hybridized carbons (Fsp3) is 0.267. The highest BCUT2D eigenvalue weighted by atomic mass is 19.1. The van der Waals surface area contributed by atoms with Gasteiger partial charge in [-0.25, -0.2) is 9.18 Å². The van der Waals surface area contributed by atoms with Crippen molar-refractivity contribution >= 4 is 5.91 Å². The molecule has 1 heterocycles. The van der Waals surface area contributed by atoms with Crippen molar-refractivity contribution in [2.45, 2.75) is 26.8 Å². The first-order chi connectivity index (χ1) is 9.97. The topological polar surface area (TPSA) is 74.8 Å². The van der Waals surface area contributed by atoms with Crippen molar-refractivity contribution in [2.75, 3.05) is 0 Å². The Morgan fingerprint density at radius 3 is 2.71 bits per heavy atom. The molecule has 0 saturated heterocycles. The third kappa shape index (κ3) is 3.75. The molecule has 0 spiro atoms. The molecule has 0 radical (unpaired) electrons. The number of amides is 1. The summed E-state index contributed by atoms with van der Waals surface area (Å²) in [6.45, 7) is 3.53. The summed E-state index contributed by atoms with van der Waals surface area (Å²) in [6, 6.07) is 6.28. The van der Waals surface area contributed by atoms with E-state index < -0.39 is 5.69 Å². The van der Waals surface area contributed by atoms with Gasteiger partial charge in [0.25, 0.3) is 0 Å². The molecule has 0 bridgehead atoms. The summed E-state index contributed by atoms with van der Waals surface area (Å²) in [5.41, 5.74) is 1.82. The summed E-state index contributed by atoms with van der Waals surface area (Å²) in [4.78, 5) is 29.5. The number of nitrogens with one attached hydrogen (secondary N) is 2. The smallest absolute Gasteiger partial charge is 0.345 e. The quantitative estimate of drug-likeness (QED) is 0.893. The number of aromatic amines is 1. The Hall–Kier alpha value is -2.50. The Kier molecular flexibility index (Phi) is 4.47. The van der Waals surface area contributed by atoms with Crippen molar-refractivity contribution in [3.63, 3.8) is 0 Å². The van der Waals surface area contributed by atoms with Crippen LogP contribution in [0.4, 0.5) is 4.39 Å². The lowest BCUT2D eigenvalue weighted by Crippen LogP contribution is -2.27. The monoisotopic (exact) mass is 289 g/mol. The molecule has 0 aliphatic carbocycles.